The number of amides is 1. The van der Waals surface area contributed by atoms with Gasteiger partial charge in [-0.25, -0.2) is 0 Å². The molecule has 1 unspecified atom stereocenters. The van der Waals surface area contributed by atoms with Crippen molar-refractivity contribution < 1.29 is 4.79 Å². The molecule has 24 heavy (non-hydrogen) atoms. The second-order valence-corrected chi connectivity index (χ2v) is 7.62. The van der Waals surface area contributed by atoms with Crippen LogP contribution in [0.3, 0.4) is 0 Å². The minimum absolute atomic E-state index is 0.0324. The van der Waals surface area contributed by atoms with Gasteiger partial charge in [0.1, 0.15) is 0 Å². The number of hydrogen-bond acceptors (Lipinski definition) is 4. The Morgan fingerprint density at radius 2 is 2.29 bits per heavy atom. The van der Waals surface area contributed by atoms with E-state index in [9.17, 15) is 9.59 Å². The van der Waals surface area contributed by atoms with Gasteiger partial charge in [-0.2, -0.15) is 0 Å². The molecular formula is C18H23N3O2S. The lowest BCUT2D eigenvalue weighted by molar-refractivity contribution is -0.114. The first-order valence-corrected chi connectivity index (χ1v) is 9.15. The van der Waals surface area contributed by atoms with Gasteiger partial charge in [0.05, 0.1) is 5.69 Å². The fourth-order valence-corrected chi connectivity index (χ4v) is 4.19. The smallest absolute Gasteiger partial charge is 0.305 e. The monoisotopic (exact) mass is 345 g/mol. The molecule has 2 aromatic rings. The zero-order valence-corrected chi connectivity index (χ0v) is 14.9. The van der Waals surface area contributed by atoms with Crippen LogP contribution in [0, 0.1) is 5.92 Å². The van der Waals surface area contributed by atoms with Crippen LogP contribution in [0.1, 0.15) is 31.6 Å². The van der Waals surface area contributed by atoms with Crippen molar-refractivity contribution in [1.82, 2.24) is 9.88 Å². The summed E-state index contributed by atoms with van der Waals surface area (Å²) in [5.41, 5.74) is 2.54. The summed E-state index contributed by atoms with van der Waals surface area (Å²) in [5, 5.41) is 2.79. The van der Waals surface area contributed by atoms with E-state index >= 15 is 0 Å². The van der Waals surface area contributed by atoms with E-state index in [-0.39, 0.29) is 10.8 Å². The maximum Gasteiger partial charge on any atom is 0.305 e. The summed E-state index contributed by atoms with van der Waals surface area (Å²) < 4.78 is 0. The van der Waals surface area contributed by atoms with Crippen molar-refractivity contribution in [3.8, 4) is 11.3 Å². The van der Waals surface area contributed by atoms with Crippen LogP contribution in [-0.2, 0) is 11.3 Å². The van der Waals surface area contributed by atoms with E-state index in [1.165, 1.54) is 31.1 Å². The standard InChI is InChI=1S/C18H23N3O2S/c1-12-5-4-8-21(10-12)11-16-17(20-18(23)24-16)14-6-3-7-15(9-14)19-13(2)22/h3,6-7,9,12H,4-5,8,10-11H2,1-2H3,(H,19,22)(H,20,23). The molecule has 0 saturated carbocycles. The Balaban J connectivity index is 1.86. The lowest BCUT2D eigenvalue weighted by Gasteiger charge is -2.30. The lowest BCUT2D eigenvalue weighted by Crippen LogP contribution is -2.33. The minimum atomic E-state index is -0.103. The number of aromatic amines is 1. The van der Waals surface area contributed by atoms with Crippen molar-refractivity contribution in [2.45, 2.75) is 33.2 Å². The van der Waals surface area contributed by atoms with Crippen LogP contribution in [0.25, 0.3) is 11.3 Å². The Bertz CT molecular complexity index is 781. The molecule has 128 valence electrons. The van der Waals surface area contributed by atoms with Crippen LogP contribution >= 0.6 is 11.3 Å². The van der Waals surface area contributed by atoms with Crippen molar-refractivity contribution in [3.63, 3.8) is 0 Å². The van der Waals surface area contributed by atoms with Crippen molar-refractivity contribution >= 4 is 22.9 Å². The van der Waals surface area contributed by atoms with Gasteiger partial charge in [-0.15, -0.1) is 0 Å². The molecule has 1 aliphatic heterocycles. The summed E-state index contributed by atoms with van der Waals surface area (Å²) in [6.07, 6.45) is 2.50. The lowest BCUT2D eigenvalue weighted by atomic mass is 10.00. The number of benzene rings is 1. The van der Waals surface area contributed by atoms with Gasteiger partial charge >= 0.3 is 4.87 Å². The van der Waals surface area contributed by atoms with Gasteiger partial charge in [-0.3, -0.25) is 14.5 Å². The number of likely N-dealkylation sites (tertiary alicyclic amines) is 1. The van der Waals surface area contributed by atoms with Crippen LogP contribution in [0.5, 0.6) is 0 Å². The van der Waals surface area contributed by atoms with Gasteiger partial charge in [0.15, 0.2) is 0 Å². The average Bonchev–Trinajstić information content (AvgIpc) is 2.87. The molecule has 1 saturated heterocycles. The first kappa shape index (κ1) is 16.9. The fourth-order valence-electron chi connectivity index (χ4n) is 3.29. The quantitative estimate of drug-likeness (QED) is 0.894. The highest BCUT2D eigenvalue weighted by atomic mass is 32.1. The molecule has 1 aromatic carbocycles. The molecule has 6 heteroatoms. The molecule has 0 spiro atoms. The molecule has 0 aliphatic carbocycles. The molecule has 1 amide bonds. The summed E-state index contributed by atoms with van der Waals surface area (Å²) >= 11 is 1.28. The molecule has 2 heterocycles. The Kier molecular flexibility index (Phi) is 5.16. The van der Waals surface area contributed by atoms with Crippen molar-refractivity contribution in [3.05, 3.63) is 38.8 Å². The Morgan fingerprint density at radius 1 is 1.46 bits per heavy atom. The molecule has 1 fully saturated rings. The summed E-state index contributed by atoms with van der Waals surface area (Å²) in [7, 11) is 0. The van der Waals surface area contributed by atoms with E-state index < -0.39 is 0 Å². The molecule has 3 rings (SSSR count). The fraction of sp³-hybridized carbons (Fsp3) is 0.444. The van der Waals surface area contributed by atoms with E-state index in [1.807, 2.05) is 24.3 Å². The summed E-state index contributed by atoms with van der Waals surface area (Å²) in [6.45, 7) is 6.73. The van der Waals surface area contributed by atoms with Crippen LogP contribution in [0.4, 0.5) is 5.69 Å². The first-order chi connectivity index (χ1) is 11.5. The third-order valence-corrected chi connectivity index (χ3v) is 5.17. The van der Waals surface area contributed by atoms with Gasteiger partial charge in [-0.1, -0.05) is 30.4 Å². The topological polar surface area (TPSA) is 65.2 Å². The molecule has 1 atom stereocenters. The highest BCUT2D eigenvalue weighted by molar-refractivity contribution is 7.09. The van der Waals surface area contributed by atoms with Gasteiger partial charge in [-0.05, 0) is 37.4 Å². The maximum atomic E-state index is 11.9. The molecule has 1 aromatic heterocycles. The van der Waals surface area contributed by atoms with Crippen LogP contribution in [0.2, 0.25) is 0 Å². The van der Waals surface area contributed by atoms with E-state index in [2.05, 4.69) is 22.1 Å². The Morgan fingerprint density at radius 3 is 3.04 bits per heavy atom. The first-order valence-electron chi connectivity index (χ1n) is 8.33. The average molecular weight is 345 g/mol. The number of carbonyl (C=O) groups is 1. The van der Waals surface area contributed by atoms with Gasteiger partial charge in [0.2, 0.25) is 5.91 Å². The van der Waals surface area contributed by atoms with E-state index in [1.54, 1.807) is 0 Å². The van der Waals surface area contributed by atoms with E-state index in [4.69, 9.17) is 0 Å². The summed E-state index contributed by atoms with van der Waals surface area (Å²) in [5.74, 6) is 0.606. The second-order valence-electron chi connectivity index (χ2n) is 6.56. The number of nitrogens with zero attached hydrogens (tertiary/aromatic N) is 1. The number of aromatic nitrogens is 1. The zero-order valence-electron chi connectivity index (χ0n) is 14.1. The van der Waals surface area contributed by atoms with Crippen molar-refractivity contribution in [2.24, 2.45) is 5.92 Å². The van der Waals surface area contributed by atoms with Crippen LogP contribution in [0.15, 0.2) is 29.1 Å². The molecule has 5 nitrogen and oxygen atoms in total. The zero-order chi connectivity index (χ0) is 17.1. The number of carbonyl (C=O) groups excluding carboxylic acids is 1. The number of nitrogens with one attached hydrogen (secondary N) is 2. The van der Waals surface area contributed by atoms with Gasteiger partial charge < -0.3 is 10.3 Å². The number of piperidine rings is 1. The Labute approximate surface area is 145 Å². The van der Waals surface area contributed by atoms with Crippen LogP contribution in [-0.4, -0.2) is 28.9 Å². The summed E-state index contributed by atoms with van der Waals surface area (Å²) in [6, 6.07) is 7.61. The minimum Gasteiger partial charge on any atom is -0.326 e. The summed E-state index contributed by atoms with van der Waals surface area (Å²) in [4.78, 5) is 29.6. The van der Waals surface area contributed by atoms with Crippen molar-refractivity contribution in [2.75, 3.05) is 18.4 Å². The highest BCUT2D eigenvalue weighted by Crippen LogP contribution is 2.28. The largest absolute Gasteiger partial charge is 0.326 e. The van der Waals surface area contributed by atoms with Crippen LogP contribution < -0.4 is 10.2 Å². The second kappa shape index (κ2) is 7.32. The number of thiazole rings is 1. The van der Waals surface area contributed by atoms with Gasteiger partial charge in [0, 0.05) is 36.1 Å². The SMILES string of the molecule is CC(=O)Nc1cccc(-c2[nH]c(=O)sc2CN2CCCC(C)C2)c1. The molecule has 0 radical (unpaired) electrons. The van der Waals surface area contributed by atoms with Gasteiger partial charge in [0.25, 0.3) is 0 Å². The predicted molar refractivity (Wildman–Crippen MR) is 98.4 cm³/mol. The number of hydrogen-bond donors (Lipinski definition) is 2. The Hall–Kier alpha value is -1.92. The molecular weight excluding hydrogens is 322 g/mol. The normalized spacial score (nSPS) is 18.5. The molecule has 2 N–H and O–H groups in total. The maximum absolute atomic E-state index is 11.9. The number of rotatable bonds is 4. The predicted octanol–water partition coefficient (Wildman–Crippen LogP) is 3.29. The third kappa shape index (κ3) is 4.13. The van der Waals surface area contributed by atoms with E-state index in [0.29, 0.717) is 5.92 Å². The molecule has 0 bridgehead atoms. The van der Waals surface area contributed by atoms with Crippen molar-refractivity contribution in [1.29, 1.82) is 0 Å². The van der Waals surface area contributed by atoms with E-state index in [0.717, 1.165) is 41.5 Å². The molecule has 1 aliphatic rings. The third-order valence-electron chi connectivity index (χ3n) is 4.30. The number of H-pyrrole nitrogens is 1. The number of anilines is 1. The highest BCUT2D eigenvalue weighted by Gasteiger charge is 2.19.